The summed E-state index contributed by atoms with van der Waals surface area (Å²) in [6.45, 7) is 9.94. The fourth-order valence-corrected chi connectivity index (χ4v) is 2.05. The third-order valence-electron chi connectivity index (χ3n) is 3.03. The van der Waals surface area contributed by atoms with Gasteiger partial charge in [0.05, 0.1) is 19.7 Å². The van der Waals surface area contributed by atoms with Gasteiger partial charge in [0.15, 0.2) is 5.96 Å². The first-order valence-electron chi connectivity index (χ1n) is 8.24. The van der Waals surface area contributed by atoms with Gasteiger partial charge in [-0.25, -0.2) is 4.99 Å². The quantitative estimate of drug-likeness (QED) is 0.525. The number of ether oxygens (including phenoxy) is 1. The summed E-state index contributed by atoms with van der Waals surface area (Å²) in [7, 11) is 1.68. The summed E-state index contributed by atoms with van der Waals surface area (Å²) in [4.78, 5) is 16.4. The molecule has 0 unspecified atom stereocenters. The molecule has 24 heavy (non-hydrogen) atoms. The Bertz CT molecular complexity index is 533. The summed E-state index contributed by atoms with van der Waals surface area (Å²) < 4.78 is 5.10. The van der Waals surface area contributed by atoms with E-state index in [1.807, 2.05) is 52.0 Å². The van der Waals surface area contributed by atoms with Crippen LogP contribution in [-0.4, -0.2) is 37.6 Å². The molecule has 1 rings (SSSR count). The molecule has 3 N–H and O–H groups in total. The average molecular weight is 334 g/mol. The summed E-state index contributed by atoms with van der Waals surface area (Å²) >= 11 is 0. The van der Waals surface area contributed by atoms with Crippen molar-refractivity contribution in [2.24, 2.45) is 4.99 Å². The van der Waals surface area contributed by atoms with E-state index in [2.05, 4.69) is 20.9 Å². The number of hydrogen-bond acceptors (Lipinski definition) is 3. The number of amides is 1. The molecule has 0 aliphatic heterocycles. The van der Waals surface area contributed by atoms with Gasteiger partial charge >= 0.3 is 0 Å². The van der Waals surface area contributed by atoms with Gasteiger partial charge in [-0.2, -0.15) is 0 Å². The zero-order valence-corrected chi connectivity index (χ0v) is 15.4. The van der Waals surface area contributed by atoms with Gasteiger partial charge in [-0.15, -0.1) is 0 Å². The highest BCUT2D eigenvalue weighted by atomic mass is 16.5. The number of nitrogens with one attached hydrogen (secondary N) is 3. The third kappa shape index (κ3) is 8.53. The van der Waals surface area contributed by atoms with Gasteiger partial charge in [0.1, 0.15) is 0 Å². The zero-order valence-electron chi connectivity index (χ0n) is 15.4. The van der Waals surface area contributed by atoms with E-state index in [0.29, 0.717) is 19.1 Å². The second-order valence-electron chi connectivity index (χ2n) is 6.60. The summed E-state index contributed by atoms with van der Waals surface area (Å²) in [5, 5.41) is 9.11. The molecule has 0 aliphatic rings. The lowest BCUT2D eigenvalue weighted by Gasteiger charge is -2.21. The molecule has 0 aromatic heterocycles. The predicted octanol–water partition coefficient (Wildman–Crippen LogP) is 1.80. The molecule has 0 spiro atoms. The van der Waals surface area contributed by atoms with Crippen LogP contribution < -0.4 is 16.0 Å². The van der Waals surface area contributed by atoms with Gasteiger partial charge in [-0.05, 0) is 38.8 Å². The highest BCUT2D eigenvalue weighted by Crippen LogP contribution is 2.06. The third-order valence-corrected chi connectivity index (χ3v) is 3.03. The molecule has 6 heteroatoms. The van der Waals surface area contributed by atoms with Crippen LogP contribution in [0.5, 0.6) is 0 Å². The van der Waals surface area contributed by atoms with Gasteiger partial charge in [0.25, 0.3) is 0 Å². The lowest BCUT2D eigenvalue weighted by Crippen LogP contribution is -2.48. The number of rotatable bonds is 7. The molecule has 6 nitrogen and oxygen atoms in total. The van der Waals surface area contributed by atoms with Gasteiger partial charge in [-0.1, -0.05) is 24.3 Å². The minimum atomic E-state index is -0.238. The maximum absolute atomic E-state index is 11.9. The predicted molar refractivity (Wildman–Crippen MR) is 97.9 cm³/mol. The molecule has 0 radical (unpaired) electrons. The average Bonchev–Trinajstić information content (AvgIpc) is 2.50. The van der Waals surface area contributed by atoms with Gasteiger partial charge in [0, 0.05) is 19.2 Å². The van der Waals surface area contributed by atoms with Crippen LogP contribution in [0.15, 0.2) is 29.3 Å². The number of carbonyl (C=O) groups is 1. The molecule has 1 aromatic rings. The van der Waals surface area contributed by atoms with Crippen molar-refractivity contribution in [3.63, 3.8) is 0 Å². The fraction of sp³-hybridized carbons (Fsp3) is 0.556. The number of methoxy groups -OCH3 is 1. The first-order chi connectivity index (χ1) is 11.3. The monoisotopic (exact) mass is 334 g/mol. The molecule has 0 saturated carbocycles. The van der Waals surface area contributed by atoms with Crippen molar-refractivity contribution in [2.45, 2.75) is 46.4 Å². The second-order valence-corrected chi connectivity index (χ2v) is 6.60. The Hall–Kier alpha value is -2.08. The molecule has 0 aliphatic carbocycles. The number of nitrogens with zero attached hydrogens (tertiary/aromatic N) is 1. The topological polar surface area (TPSA) is 74.8 Å². The van der Waals surface area contributed by atoms with Crippen molar-refractivity contribution >= 4 is 11.9 Å². The van der Waals surface area contributed by atoms with Crippen LogP contribution in [0, 0.1) is 0 Å². The molecule has 134 valence electrons. The summed E-state index contributed by atoms with van der Waals surface area (Å²) in [6.07, 6.45) is 0. The van der Waals surface area contributed by atoms with Crippen molar-refractivity contribution in [3.05, 3.63) is 35.4 Å². The maximum Gasteiger partial charge on any atom is 0.239 e. The van der Waals surface area contributed by atoms with Gasteiger partial charge in [-0.3, -0.25) is 4.79 Å². The Morgan fingerprint density at radius 3 is 2.29 bits per heavy atom. The Labute approximate surface area is 145 Å². The zero-order chi connectivity index (χ0) is 18.0. The van der Waals surface area contributed by atoms with Crippen molar-refractivity contribution in [1.29, 1.82) is 0 Å². The summed E-state index contributed by atoms with van der Waals surface area (Å²) in [5.41, 5.74) is 2.00. The number of aliphatic imine (C=N–C) groups is 1. The molecule has 0 atom stereocenters. The fourth-order valence-electron chi connectivity index (χ4n) is 2.05. The summed E-state index contributed by atoms with van der Waals surface area (Å²) in [5.74, 6) is 0.569. The first kappa shape index (κ1) is 20.0. The Morgan fingerprint density at radius 1 is 1.12 bits per heavy atom. The van der Waals surface area contributed by atoms with Gasteiger partial charge in [0.2, 0.25) is 5.91 Å². The normalized spacial score (nSPS) is 12.0. The van der Waals surface area contributed by atoms with Crippen LogP contribution >= 0.6 is 0 Å². The molecular weight excluding hydrogens is 304 g/mol. The van der Waals surface area contributed by atoms with E-state index in [4.69, 9.17) is 4.74 Å². The van der Waals surface area contributed by atoms with E-state index < -0.39 is 0 Å². The van der Waals surface area contributed by atoms with Crippen LogP contribution in [-0.2, 0) is 22.7 Å². The largest absolute Gasteiger partial charge is 0.380 e. The van der Waals surface area contributed by atoms with Crippen LogP contribution in [0.4, 0.5) is 0 Å². The van der Waals surface area contributed by atoms with Crippen LogP contribution in [0.3, 0.4) is 0 Å². The van der Waals surface area contributed by atoms with E-state index in [0.717, 1.165) is 17.7 Å². The van der Waals surface area contributed by atoms with Gasteiger partial charge < -0.3 is 20.7 Å². The molecule has 1 aromatic carbocycles. The second kappa shape index (κ2) is 9.93. The molecule has 0 bridgehead atoms. The SMILES string of the molecule is CCNC(=NCc1ccc(COC)cc1)NCC(=O)NC(C)(C)C. The smallest absolute Gasteiger partial charge is 0.239 e. The number of hydrogen-bond donors (Lipinski definition) is 3. The van der Waals surface area contributed by atoms with E-state index in [1.165, 1.54) is 0 Å². The molecule has 0 heterocycles. The maximum atomic E-state index is 11.9. The van der Waals surface area contributed by atoms with Crippen LogP contribution in [0.2, 0.25) is 0 Å². The number of carbonyl (C=O) groups excluding carboxylic acids is 1. The Morgan fingerprint density at radius 2 is 1.75 bits per heavy atom. The molecule has 0 saturated heterocycles. The van der Waals surface area contributed by atoms with Crippen LogP contribution in [0.25, 0.3) is 0 Å². The van der Waals surface area contributed by atoms with Crippen LogP contribution in [0.1, 0.15) is 38.8 Å². The van der Waals surface area contributed by atoms with E-state index >= 15 is 0 Å². The lowest BCUT2D eigenvalue weighted by molar-refractivity contribution is -0.121. The number of guanidine groups is 1. The number of benzene rings is 1. The molecular formula is C18H30N4O2. The van der Waals surface area contributed by atoms with E-state index in [1.54, 1.807) is 7.11 Å². The minimum Gasteiger partial charge on any atom is -0.380 e. The molecule has 1 amide bonds. The van der Waals surface area contributed by atoms with Crippen molar-refractivity contribution in [1.82, 2.24) is 16.0 Å². The highest BCUT2D eigenvalue weighted by Gasteiger charge is 2.13. The van der Waals surface area contributed by atoms with E-state index in [-0.39, 0.29) is 18.0 Å². The Kier molecular flexibility index (Phi) is 8.26. The first-order valence-corrected chi connectivity index (χ1v) is 8.24. The van der Waals surface area contributed by atoms with Crippen molar-refractivity contribution < 1.29 is 9.53 Å². The highest BCUT2D eigenvalue weighted by molar-refractivity contribution is 5.86. The Balaban J connectivity index is 2.57. The standard InChI is InChI=1S/C18H30N4O2/c1-6-19-17(21-12-16(23)22-18(2,3)4)20-11-14-7-9-15(10-8-14)13-24-5/h7-10H,6,11-13H2,1-5H3,(H,22,23)(H2,19,20,21). The van der Waals surface area contributed by atoms with E-state index in [9.17, 15) is 4.79 Å². The summed E-state index contributed by atoms with van der Waals surface area (Å²) in [6, 6.07) is 8.14. The lowest BCUT2D eigenvalue weighted by atomic mass is 10.1. The van der Waals surface area contributed by atoms with Crippen molar-refractivity contribution in [2.75, 3.05) is 20.2 Å². The van der Waals surface area contributed by atoms with Crippen molar-refractivity contribution in [3.8, 4) is 0 Å². The molecule has 0 fully saturated rings. The minimum absolute atomic E-state index is 0.0583.